The molecule has 1 rings (SSSR count). The minimum atomic E-state index is -0.491. The molecule has 0 amide bonds. The summed E-state index contributed by atoms with van der Waals surface area (Å²) in [6.45, 7) is 2.11. The van der Waals surface area contributed by atoms with Gasteiger partial charge in [0.25, 0.3) is 0 Å². The van der Waals surface area contributed by atoms with Crippen molar-refractivity contribution < 1.29 is 14.6 Å². The minimum Gasteiger partial charge on any atom is -0.466 e. The van der Waals surface area contributed by atoms with Crippen molar-refractivity contribution >= 4 is 40.2 Å². The summed E-state index contributed by atoms with van der Waals surface area (Å²) in [5.41, 5.74) is 5.97. The molecular weight excluding hydrogens is 356 g/mol. The molecule has 5 atom stereocenters. The van der Waals surface area contributed by atoms with Crippen LogP contribution >= 0.6 is 34.2 Å². The number of halogens is 2. The summed E-state index contributed by atoms with van der Waals surface area (Å²) in [5, 5.41) is 10.1. The maximum absolute atomic E-state index is 11.3. The molecular formula is C11H19ClINO3. The van der Waals surface area contributed by atoms with Gasteiger partial charge >= 0.3 is 5.97 Å². The van der Waals surface area contributed by atoms with Crippen molar-refractivity contribution in [1.29, 1.82) is 0 Å². The molecule has 0 saturated heterocycles. The SMILES string of the molecule is CCOC(=O)C[C@H](N)C1CC(Cl)CC(I)C1O. The summed E-state index contributed by atoms with van der Waals surface area (Å²) < 4.78 is 4.96. The van der Waals surface area contributed by atoms with Gasteiger partial charge in [-0.15, -0.1) is 11.6 Å². The lowest BCUT2D eigenvalue weighted by atomic mass is 9.80. The topological polar surface area (TPSA) is 72.5 Å². The van der Waals surface area contributed by atoms with E-state index in [0.717, 1.165) is 6.42 Å². The molecule has 100 valence electrons. The third kappa shape index (κ3) is 4.54. The largest absolute Gasteiger partial charge is 0.466 e. The highest BCUT2D eigenvalue weighted by molar-refractivity contribution is 14.1. The average Bonchev–Trinajstić information content (AvgIpc) is 2.23. The van der Waals surface area contributed by atoms with Crippen LogP contribution in [0.15, 0.2) is 0 Å². The van der Waals surface area contributed by atoms with Gasteiger partial charge < -0.3 is 15.6 Å². The minimum absolute atomic E-state index is 0.0264. The van der Waals surface area contributed by atoms with Crippen molar-refractivity contribution in [1.82, 2.24) is 0 Å². The molecule has 4 nitrogen and oxygen atoms in total. The highest BCUT2D eigenvalue weighted by atomic mass is 127. The number of aliphatic hydroxyl groups is 1. The van der Waals surface area contributed by atoms with Crippen LogP contribution < -0.4 is 5.73 Å². The smallest absolute Gasteiger partial charge is 0.307 e. The maximum Gasteiger partial charge on any atom is 0.307 e. The first-order valence-electron chi connectivity index (χ1n) is 5.83. The third-order valence-electron chi connectivity index (χ3n) is 3.08. The van der Waals surface area contributed by atoms with E-state index in [-0.39, 0.29) is 33.7 Å². The van der Waals surface area contributed by atoms with E-state index in [1.54, 1.807) is 6.92 Å². The van der Waals surface area contributed by atoms with Gasteiger partial charge in [-0.2, -0.15) is 0 Å². The Labute approximate surface area is 120 Å². The van der Waals surface area contributed by atoms with Crippen molar-refractivity contribution in [2.45, 2.75) is 47.6 Å². The summed E-state index contributed by atoms with van der Waals surface area (Å²) in [6, 6.07) is -0.386. The van der Waals surface area contributed by atoms with E-state index in [2.05, 4.69) is 22.6 Å². The fourth-order valence-corrected chi connectivity index (χ4v) is 4.02. The van der Waals surface area contributed by atoms with Gasteiger partial charge in [0.15, 0.2) is 0 Å². The van der Waals surface area contributed by atoms with Crippen LogP contribution in [0.5, 0.6) is 0 Å². The Morgan fingerprint density at radius 1 is 1.65 bits per heavy atom. The van der Waals surface area contributed by atoms with Crippen LogP contribution in [0.3, 0.4) is 0 Å². The van der Waals surface area contributed by atoms with E-state index in [0.29, 0.717) is 13.0 Å². The van der Waals surface area contributed by atoms with Crippen molar-refractivity contribution in [2.24, 2.45) is 11.7 Å². The van der Waals surface area contributed by atoms with Gasteiger partial charge in [-0.25, -0.2) is 0 Å². The zero-order chi connectivity index (χ0) is 13.0. The highest BCUT2D eigenvalue weighted by Gasteiger charge is 2.38. The summed E-state index contributed by atoms with van der Waals surface area (Å²) in [6.07, 6.45) is 1.09. The lowest BCUT2D eigenvalue weighted by molar-refractivity contribution is -0.144. The van der Waals surface area contributed by atoms with Gasteiger partial charge in [-0.3, -0.25) is 4.79 Å². The van der Waals surface area contributed by atoms with Crippen molar-refractivity contribution in [3.8, 4) is 0 Å². The second-order valence-corrected chi connectivity index (χ2v) is 6.63. The van der Waals surface area contributed by atoms with Crippen LogP contribution in [-0.2, 0) is 9.53 Å². The second-order valence-electron chi connectivity index (χ2n) is 4.41. The van der Waals surface area contributed by atoms with E-state index >= 15 is 0 Å². The van der Waals surface area contributed by atoms with Gasteiger partial charge in [0, 0.05) is 21.3 Å². The molecule has 0 bridgehead atoms. The summed E-state index contributed by atoms with van der Waals surface area (Å²) in [5.74, 6) is -0.438. The summed E-state index contributed by atoms with van der Waals surface area (Å²) in [4.78, 5) is 11.3. The third-order valence-corrected chi connectivity index (χ3v) is 4.68. The molecule has 17 heavy (non-hydrogen) atoms. The molecule has 0 aliphatic heterocycles. The number of alkyl halides is 2. The van der Waals surface area contributed by atoms with Crippen LogP contribution in [0.1, 0.15) is 26.2 Å². The zero-order valence-corrected chi connectivity index (χ0v) is 12.7. The molecule has 1 fully saturated rings. The molecule has 0 aromatic rings. The van der Waals surface area contributed by atoms with Gasteiger partial charge in [-0.1, -0.05) is 22.6 Å². The van der Waals surface area contributed by atoms with Crippen LogP contribution in [0.25, 0.3) is 0 Å². The monoisotopic (exact) mass is 375 g/mol. The molecule has 1 saturated carbocycles. The molecule has 0 heterocycles. The zero-order valence-electron chi connectivity index (χ0n) is 9.81. The molecule has 0 radical (unpaired) electrons. The molecule has 1 aliphatic carbocycles. The molecule has 0 spiro atoms. The Morgan fingerprint density at radius 3 is 2.88 bits per heavy atom. The number of rotatable bonds is 4. The Hall–Kier alpha value is 0.410. The van der Waals surface area contributed by atoms with E-state index in [1.807, 2.05) is 0 Å². The molecule has 4 unspecified atom stereocenters. The van der Waals surface area contributed by atoms with Gasteiger partial charge in [0.2, 0.25) is 0 Å². The molecule has 1 aliphatic rings. The lowest BCUT2D eigenvalue weighted by Gasteiger charge is -2.37. The number of ether oxygens (including phenoxy) is 1. The van der Waals surface area contributed by atoms with Gasteiger partial charge in [-0.05, 0) is 19.8 Å². The van der Waals surface area contributed by atoms with Crippen molar-refractivity contribution in [3.63, 3.8) is 0 Å². The standard InChI is InChI=1S/C11H19ClINO3/c1-2-17-10(15)5-9(14)7-3-6(12)4-8(13)11(7)16/h6-9,11,16H,2-5,14H2,1H3/t6?,7?,8?,9-,11?/m0/s1. The Bertz CT molecular complexity index is 267. The van der Waals surface area contributed by atoms with E-state index in [9.17, 15) is 9.90 Å². The van der Waals surface area contributed by atoms with Crippen LogP contribution in [0, 0.1) is 5.92 Å². The number of hydrogen-bond acceptors (Lipinski definition) is 4. The van der Waals surface area contributed by atoms with Gasteiger partial charge in [0.05, 0.1) is 19.1 Å². The van der Waals surface area contributed by atoms with Crippen LogP contribution in [-0.4, -0.2) is 39.1 Å². The first-order valence-corrected chi connectivity index (χ1v) is 7.51. The quantitative estimate of drug-likeness (QED) is 0.443. The lowest BCUT2D eigenvalue weighted by Crippen LogP contribution is -2.48. The Morgan fingerprint density at radius 2 is 2.29 bits per heavy atom. The Balaban J connectivity index is 2.54. The normalized spacial score (nSPS) is 35.4. The average molecular weight is 376 g/mol. The molecule has 0 aromatic carbocycles. The van der Waals surface area contributed by atoms with E-state index in [4.69, 9.17) is 22.1 Å². The number of carbonyl (C=O) groups excluding carboxylic acids is 1. The number of hydrogen-bond donors (Lipinski definition) is 2. The number of nitrogens with two attached hydrogens (primary N) is 1. The van der Waals surface area contributed by atoms with Crippen molar-refractivity contribution in [2.75, 3.05) is 6.61 Å². The van der Waals surface area contributed by atoms with Crippen LogP contribution in [0.2, 0.25) is 0 Å². The Kier molecular flexibility index (Phi) is 6.47. The highest BCUT2D eigenvalue weighted by Crippen LogP contribution is 2.35. The first kappa shape index (κ1) is 15.5. The first-order chi connectivity index (χ1) is 7.95. The van der Waals surface area contributed by atoms with Gasteiger partial charge in [0.1, 0.15) is 0 Å². The summed E-state index contributed by atoms with van der Waals surface area (Å²) in [7, 11) is 0. The second kappa shape index (κ2) is 7.11. The fraction of sp³-hybridized carbons (Fsp3) is 0.909. The van der Waals surface area contributed by atoms with E-state index < -0.39 is 6.10 Å². The van der Waals surface area contributed by atoms with E-state index in [1.165, 1.54) is 0 Å². The number of aliphatic hydroxyl groups excluding tert-OH is 1. The maximum atomic E-state index is 11.3. The van der Waals surface area contributed by atoms with Crippen molar-refractivity contribution in [3.05, 3.63) is 0 Å². The number of carbonyl (C=O) groups is 1. The molecule has 0 aromatic heterocycles. The molecule has 3 N–H and O–H groups in total. The predicted molar refractivity (Wildman–Crippen MR) is 75.4 cm³/mol. The summed E-state index contributed by atoms with van der Waals surface area (Å²) >= 11 is 8.32. The number of esters is 1. The molecule has 6 heteroatoms. The van der Waals surface area contributed by atoms with Crippen LogP contribution in [0.4, 0.5) is 0 Å². The fourth-order valence-electron chi connectivity index (χ4n) is 2.17. The predicted octanol–water partition coefficient (Wildman–Crippen LogP) is 1.45.